The van der Waals surface area contributed by atoms with Gasteiger partial charge in [-0.2, -0.15) is 0 Å². The van der Waals surface area contributed by atoms with Crippen LogP contribution in [0.4, 0.5) is 0 Å². The van der Waals surface area contributed by atoms with Crippen molar-refractivity contribution in [3.05, 3.63) is 70.8 Å². The molecule has 3 amide bonds. The van der Waals surface area contributed by atoms with Crippen molar-refractivity contribution in [1.29, 1.82) is 0 Å². The molecule has 2 aromatic rings. The van der Waals surface area contributed by atoms with Crippen LogP contribution in [0.3, 0.4) is 0 Å². The van der Waals surface area contributed by atoms with E-state index in [1.54, 1.807) is 30.3 Å². The van der Waals surface area contributed by atoms with Crippen LogP contribution in [0.1, 0.15) is 27.0 Å². The highest BCUT2D eigenvalue weighted by Gasteiger charge is 2.19. The van der Waals surface area contributed by atoms with Crippen LogP contribution in [0.15, 0.2) is 48.5 Å². The molecule has 0 saturated carbocycles. The van der Waals surface area contributed by atoms with Gasteiger partial charge < -0.3 is 16.4 Å². The molecule has 0 aliphatic carbocycles. The highest BCUT2D eigenvalue weighted by Crippen LogP contribution is 2.11. The predicted octanol–water partition coefficient (Wildman–Crippen LogP) is 1.25. The van der Waals surface area contributed by atoms with Gasteiger partial charge in [-0.1, -0.05) is 36.4 Å². The van der Waals surface area contributed by atoms with Crippen molar-refractivity contribution in [2.75, 3.05) is 6.54 Å². The Morgan fingerprint density at radius 1 is 1.00 bits per heavy atom. The van der Waals surface area contributed by atoms with Crippen LogP contribution < -0.4 is 16.4 Å². The van der Waals surface area contributed by atoms with E-state index in [0.29, 0.717) is 12.0 Å². The van der Waals surface area contributed by atoms with Crippen molar-refractivity contribution in [3.63, 3.8) is 0 Å². The number of amides is 3. The third kappa shape index (κ3) is 5.44. The highest BCUT2D eigenvalue weighted by molar-refractivity contribution is 5.97. The third-order valence-electron chi connectivity index (χ3n) is 4.14. The Morgan fingerprint density at radius 2 is 1.69 bits per heavy atom. The summed E-state index contributed by atoms with van der Waals surface area (Å²) in [5.41, 5.74) is 9.03. The Kier molecular flexibility index (Phi) is 6.49. The number of nitrogens with one attached hydrogen (secondary N) is 2. The van der Waals surface area contributed by atoms with E-state index in [1.807, 2.05) is 32.0 Å². The fraction of sp³-hybridized carbons (Fsp3) is 0.250. The second kappa shape index (κ2) is 8.80. The average Bonchev–Trinajstić information content (AvgIpc) is 2.62. The standard InChI is InChI=1S/C20H23N3O3/c1-13-8-9-15(10-14(13)2)11-17(19(21)25)23-18(24)12-22-20(26)16-6-4-3-5-7-16/h3-10,17H,11-12H2,1-2H3,(H2,21,25)(H,22,26)(H,23,24)/t17-/m1/s1. The van der Waals surface area contributed by atoms with Gasteiger partial charge in [-0.25, -0.2) is 0 Å². The van der Waals surface area contributed by atoms with E-state index in [0.717, 1.165) is 16.7 Å². The third-order valence-corrected chi connectivity index (χ3v) is 4.14. The van der Waals surface area contributed by atoms with Crippen LogP contribution in [-0.2, 0) is 16.0 Å². The molecule has 2 rings (SSSR count). The van der Waals surface area contributed by atoms with Gasteiger partial charge in [-0.05, 0) is 42.7 Å². The number of aryl methyl sites for hydroxylation is 2. The van der Waals surface area contributed by atoms with Crippen LogP contribution >= 0.6 is 0 Å². The summed E-state index contributed by atoms with van der Waals surface area (Å²) in [4.78, 5) is 35.7. The minimum atomic E-state index is -0.835. The first-order valence-electron chi connectivity index (χ1n) is 8.35. The zero-order chi connectivity index (χ0) is 19.1. The van der Waals surface area contributed by atoms with Crippen molar-refractivity contribution in [2.24, 2.45) is 5.73 Å². The molecular weight excluding hydrogens is 330 g/mol. The number of carbonyl (C=O) groups excluding carboxylic acids is 3. The first kappa shape index (κ1) is 19.2. The minimum Gasteiger partial charge on any atom is -0.368 e. The number of hydrogen-bond donors (Lipinski definition) is 3. The topological polar surface area (TPSA) is 101 Å². The second-order valence-electron chi connectivity index (χ2n) is 6.19. The van der Waals surface area contributed by atoms with E-state index in [9.17, 15) is 14.4 Å². The quantitative estimate of drug-likeness (QED) is 0.698. The summed E-state index contributed by atoms with van der Waals surface area (Å²) in [6.07, 6.45) is 0.300. The van der Waals surface area contributed by atoms with E-state index in [2.05, 4.69) is 10.6 Å². The predicted molar refractivity (Wildman–Crippen MR) is 99.5 cm³/mol. The molecule has 0 bridgehead atoms. The van der Waals surface area contributed by atoms with Crippen LogP contribution in [0.25, 0.3) is 0 Å². The second-order valence-corrected chi connectivity index (χ2v) is 6.19. The molecule has 136 valence electrons. The molecule has 0 aliphatic rings. The van der Waals surface area contributed by atoms with Crippen molar-refractivity contribution < 1.29 is 14.4 Å². The molecule has 0 spiro atoms. The molecule has 0 unspecified atom stereocenters. The normalized spacial score (nSPS) is 11.5. The molecule has 4 N–H and O–H groups in total. The van der Waals surface area contributed by atoms with E-state index in [1.165, 1.54) is 0 Å². The minimum absolute atomic E-state index is 0.232. The summed E-state index contributed by atoms with van der Waals surface area (Å²) in [6, 6.07) is 13.6. The highest BCUT2D eigenvalue weighted by atomic mass is 16.2. The number of nitrogens with two attached hydrogens (primary N) is 1. The van der Waals surface area contributed by atoms with Gasteiger partial charge in [0.1, 0.15) is 6.04 Å². The summed E-state index contributed by atoms with van der Waals surface area (Å²) in [7, 11) is 0. The van der Waals surface area contributed by atoms with Crippen molar-refractivity contribution in [1.82, 2.24) is 10.6 Å². The fourth-order valence-electron chi connectivity index (χ4n) is 2.49. The smallest absolute Gasteiger partial charge is 0.251 e. The van der Waals surface area contributed by atoms with Crippen LogP contribution in [0.2, 0.25) is 0 Å². The molecule has 0 aromatic heterocycles. The Labute approximate surface area is 152 Å². The fourth-order valence-corrected chi connectivity index (χ4v) is 2.49. The van der Waals surface area contributed by atoms with Gasteiger partial charge in [0.25, 0.3) is 5.91 Å². The Bertz CT molecular complexity index is 803. The van der Waals surface area contributed by atoms with E-state index in [-0.39, 0.29) is 12.5 Å². The van der Waals surface area contributed by atoms with Crippen LogP contribution in [0, 0.1) is 13.8 Å². The maximum absolute atomic E-state index is 12.1. The molecule has 2 aromatic carbocycles. The lowest BCUT2D eigenvalue weighted by Gasteiger charge is -2.16. The first-order chi connectivity index (χ1) is 12.4. The number of primary amides is 1. The van der Waals surface area contributed by atoms with Crippen LogP contribution in [0.5, 0.6) is 0 Å². The molecule has 0 heterocycles. The molecular formula is C20H23N3O3. The van der Waals surface area contributed by atoms with Crippen LogP contribution in [-0.4, -0.2) is 30.3 Å². The van der Waals surface area contributed by atoms with E-state index in [4.69, 9.17) is 5.73 Å². The van der Waals surface area contributed by atoms with Crippen molar-refractivity contribution in [2.45, 2.75) is 26.3 Å². The number of carbonyl (C=O) groups is 3. The molecule has 0 saturated heterocycles. The lowest BCUT2D eigenvalue weighted by molar-refractivity contribution is -0.126. The molecule has 0 fully saturated rings. The Hall–Kier alpha value is -3.15. The van der Waals surface area contributed by atoms with Gasteiger partial charge in [0, 0.05) is 12.0 Å². The summed E-state index contributed by atoms with van der Waals surface area (Å²) in [5.74, 6) is -1.45. The molecule has 0 radical (unpaired) electrons. The van der Waals surface area contributed by atoms with Gasteiger partial charge in [0.15, 0.2) is 0 Å². The number of rotatable bonds is 7. The van der Waals surface area contributed by atoms with Gasteiger partial charge >= 0.3 is 0 Å². The molecule has 26 heavy (non-hydrogen) atoms. The lowest BCUT2D eigenvalue weighted by atomic mass is 10.0. The average molecular weight is 353 g/mol. The summed E-state index contributed by atoms with van der Waals surface area (Å²) >= 11 is 0. The molecule has 0 aliphatic heterocycles. The van der Waals surface area contributed by atoms with Gasteiger partial charge in [-0.15, -0.1) is 0 Å². The van der Waals surface area contributed by atoms with E-state index < -0.39 is 17.9 Å². The molecule has 1 atom stereocenters. The monoisotopic (exact) mass is 353 g/mol. The largest absolute Gasteiger partial charge is 0.368 e. The van der Waals surface area contributed by atoms with Crippen molar-refractivity contribution >= 4 is 17.7 Å². The van der Waals surface area contributed by atoms with Crippen molar-refractivity contribution in [3.8, 4) is 0 Å². The Balaban J connectivity index is 1.92. The first-order valence-corrected chi connectivity index (χ1v) is 8.35. The lowest BCUT2D eigenvalue weighted by Crippen LogP contribution is -2.49. The number of benzene rings is 2. The van der Waals surface area contributed by atoms with Gasteiger partial charge in [-0.3, -0.25) is 14.4 Å². The SMILES string of the molecule is Cc1ccc(C[C@@H](NC(=O)CNC(=O)c2ccccc2)C(N)=O)cc1C. The van der Waals surface area contributed by atoms with Gasteiger partial charge in [0.2, 0.25) is 11.8 Å². The molecule has 6 heteroatoms. The maximum Gasteiger partial charge on any atom is 0.251 e. The molecule has 6 nitrogen and oxygen atoms in total. The zero-order valence-corrected chi connectivity index (χ0v) is 14.9. The van der Waals surface area contributed by atoms with Gasteiger partial charge in [0.05, 0.1) is 6.54 Å². The van der Waals surface area contributed by atoms with E-state index >= 15 is 0 Å². The Morgan fingerprint density at radius 3 is 2.31 bits per heavy atom. The zero-order valence-electron chi connectivity index (χ0n) is 14.9. The summed E-state index contributed by atoms with van der Waals surface area (Å²) in [6.45, 7) is 3.75. The number of hydrogen-bond acceptors (Lipinski definition) is 3. The summed E-state index contributed by atoms with van der Waals surface area (Å²) < 4.78 is 0. The maximum atomic E-state index is 12.1. The summed E-state index contributed by atoms with van der Waals surface area (Å²) in [5, 5.41) is 5.10.